The van der Waals surface area contributed by atoms with Crippen molar-refractivity contribution >= 4 is 40.8 Å². The first-order valence-electron chi connectivity index (χ1n) is 15.0. The van der Waals surface area contributed by atoms with Gasteiger partial charge in [-0.25, -0.2) is 0 Å². The van der Waals surface area contributed by atoms with E-state index in [0.717, 1.165) is 49.5 Å². The maximum atomic E-state index is 13.5. The van der Waals surface area contributed by atoms with Gasteiger partial charge in [-0.3, -0.25) is 29.4 Å². The van der Waals surface area contributed by atoms with Gasteiger partial charge in [-0.15, -0.1) is 0 Å². The zero-order valence-corrected chi connectivity index (χ0v) is 25.4. The number of hydrogen-bond donors (Lipinski definition) is 1. The largest absolute Gasteiger partial charge is 0.378 e. The Kier molecular flexibility index (Phi) is 8.15. The van der Waals surface area contributed by atoms with E-state index in [1.54, 1.807) is 25.3 Å². The van der Waals surface area contributed by atoms with Crippen molar-refractivity contribution in [1.29, 1.82) is 0 Å². The van der Waals surface area contributed by atoms with Crippen LogP contribution in [0.15, 0.2) is 48.0 Å². The van der Waals surface area contributed by atoms with Crippen LogP contribution in [-0.2, 0) is 20.9 Å². The number of methoxy groups -OCH3 is 1. The number of allylic oxidation sites excluding steroid dienone is 1. The minimum absolute atomic E-state index is 0.0555. The molecule has 0 radical (unpaired) electrons. The highest BCUT2D eigenvalue weighted by Gasteiger charge is 2.39. The highest BCUT2D eigenvalue weighted by atomic mass is 35.5. The molecular formula is C33H37ClN4O5. The lowest BCUT2D eigenvalue weighted by atomic mass is 9.79. The van der Waals surface area contributed by atoms with Gasteiger partial charge in [0.15, 0.2) is 0 Å². The molecule has 226 valence electrons. The number of benzene rings is 2. The molecule has 10 heteroatoms. The predicted molar refractivity (Wildman–Crippen MR) is 162 cm³/mol. The number of amides is 4. The van der Waals surface area contributed by atoms with Gasteiger partial charge in [0.2, 0.25) is 11.8 Å². The third-order valence-electron chi connectivity index (χ3n) is 9.45. The summed E-state index contributed by atoms with van der Waals surface area (Å²) in [6, 6.07) is 12.6. The van der Waals surface area contributed by atoms with Crippen molar-refractivity contribution in [3.05, 3.63) is 75.3 Å². The molecule has 3 aliphatic heterocycles. The highest BCUT2D eigenvalue weighted by molar-refractivity contribution is 6.30. The Labute approximate surface area is 256 Å². The van der Waals surface area contributed by atoms with Gasteiger partial charge in [0.1, 0.15) is 6.04 Å². The van der Waals surface area contributed by atoms with Gasteiger partial charge in [0.05, 0.1) is 5.60 Å². The molecule has 6 rings (SSSR count). The summed E-state index contributed by atoms with van der Waals surface area (Å²) in [5.74, 6) is -1.05. The van der Waals surface area contributed by atoms with Crippen molar-refractivity contribution in [1.82, 2.24) is 20.0 Å². The molecule has 2 saturated heterocycles. The monoisotopic (exact) mass is 604 g/mol. The molecule has 0 aromatic heterocycles. The van der Waals surface area contributed by atoms with Crippen LogP contribution in [0.4, 0.5) is 0 Å². The van der Waals surface area contributed by atoms with Crippen LogP contribution in [0, 0.1) is 0 Å². The van der Waals surface area contributed by atoms with E-state index in [1.807, 2.05) is 17.0 Å². The van der Waals surface area contributed by atoms with E-state index >= 15 is 0 Å². The molecule has 2 aromatic rings. The molecule has 2 aromatic carbocycles. The molecule has 0 saturated carbocycles. The lowest BCUT2D eigenvalue weighted by Gasteiger charge is -2.39. The van der Waals surface area contributed by atoms with Gasteiger partial charge < -0.3 is 14.5 Å². The fourth-order valence-electron chi connectivity index (χ4n) is 6.81. The summed E-state index contributed by atoms with van der Waals surface area (Å²) < 4.78 is 5.90. The molecule has 1 aliphatic carbocycles. The number of ether oxygens (including phenoxy) is 1. The SMILES string of the molecule is COC1(C)CCC(c2ccc(Cl)cc2)=C(CN2CCN(C(=O)c3ccc4c(c3)CN(C3CCC(=O)NC3=O)C4=O)CC2)C1. The number of hydrogen-bond acceptors (Lipinski definition) is 6. The third kappa shape index (κ3) is 5.98. The molecule has 1 N–H and O–H groups in total. The number of carbonyl (C=O) groups excluding carboxylic acids is 4. The van der Waals surface area contributed by atoms with Crippen molar-refractivity contribution in [3.63, 3.8) is 0 Å². The second-order valence-electron chi connectivity index (χ2n) is 12.3. The second kappa shape index (κ2) is 11.9. The lowest BCUT2D eigenvalue weighted by Crippen LogP contribution is -2.52. The molecule has 2 atom stereocenters. The van der Waals surface area contributed by atoms with Crippen molar-refractivity contribution in [2.75, 3.05) is 39.8 Å². The van der Waals surface area contributed by atoms with Crippen LogP contribution in [0.5, 0.6) is 0 Å². The van der Waals surface area contributed by atoms with Gasteiger partial charge in [-0.1, -0.05) is 23.7 Å². The number of nitrogens with one attached hydrogen (secondary N) is 1. The Hall–Kier alpha value is -3.53. The van der Waals surface area contributed by atoms with E-state index in [-0.39, 0.29) is 36.3 Å². The van der Waals surface area contributed by atoms with Crippen molar-refractivity contribution in [3.8, 4) is 0 Å². The first kappa shape index (κ1) is 29.5. The summed E-state index contributed by atoms with van der Waals surface area (Å²) >= 11 is 6.16. The number of carbonyl (C=O) groups is 4. The van der Waals surface area contributed by atoms with Crippen LogP contribution in [0.3, 0.4) is 0 Å². The topological polar surface area (TPSA) is 99.3 Å². The third-order valence-corrected chi connectivity index (χ3v) is 9.70. The van der Waals surface area contributed by atoms with Crippen LogP contribution in [0.25, 0.3) is 5.57 Å². The van der Waals surface area contributed by atoms with E-state index < -0.39 is 11.9 Å². The number of piperidine rings is 1. The van der Waals surface area contributed by atoms with Gasteiger partial charge in [-0.2, -0.15) is 0 Å². The summed E-state index contributed by atoms with van der Waals surface area (Å²) in [6.07, 6.45) is 3.29. The molecule has 3 heterocycles. The first-order chi connectivity index (χ1) is 20.6. The zero-order chi connectivity index (χ0) is 30.3. The molecule has 4 aliphatic rings. The van der Waals surface area contributed by atoms with Crippen molar-refractivity contribution < 1.29 is 23.9 Å². The zero-order valence-electron chi connectivity index (χ0n) is 24.7. The first-order valence-corrected chi connectivity index (χ1v) is 15.3. The molecule has 0 bridgehead atoms. The number of fused-ring (bicyclic) bond motifs is 1. The molecule has 9 nitrogen and oxygen atoms in total. The second-order valence-corrected chi connectivity index (χ2v) is 12.7. The maximum Gasteiger partial charge on any atom is 0.255 e. The van der Waals surface area contributed by atoms with E-state index in [2.05, 4.69) is 29.3 Å². The number of piperazine rings is 1. The number of rotatable bonds is 6. The summed E-state index contributed by atoms with van der Waals surface area (Å²) in [7, 11) is 1.79. The Morgan fingerprint density at radius 2 is 1.79 bits per heavy atom. The van der Waals surface area contributed by atoms with Gasteiger partial charge in [0, 0.05) is 68.9 Å². The Morgan fingerprint density at radius 3 is 2.49 bits per heavy atom. The summed E-state index contributed by atoms with van der Waals surface area (Å²) in [4.78, 5) is 56.3. The van der Waals surface area contributed by atoms with Crippen LogP contribution in [0.1, 0.15) is 70.9 Å². The van der Waals surface area contributed by atoms with Gasteiger partial charge >= 0.3 is 0 Å². The average molecular weight is 605 g/mol. The molecule has 2 fully saturated rings. The Morgan fingerprint density at radius 1 is 1.05 bits per heavy atom. The van der Waals surface area contributed by atoms with Crippen LogP contribution < -0.4 is 5.32 Å². The van der Waals surface area contributed by atoms with Crippen LogP contribution in [0.2, 0.25) is 5.02 Å². The van der Waals surface area contributed by atoms with E-state index in [4.69, 9.17) is 16.3 Å². The van der Waals surface area contributed by atoms with E-state index in [0.29, 0.717) is 30.6 Å². The van der Waals surface area contributed by atoms with Gasteiger partial charge in [-0.05, 0) is 85.2 Å². The molecule has 43 heavy (non-hydrogen) atoms. The van der Waals surface area contributed by atoms with Crippen LogP contribution >= 0.6 is 11.6 Å². The molecule has 0 spiro atoms. The molecule has 2 unspecified atom stereocenters. The number of nitrogens with zero attached hydrogens (tertiary/aromatic N) is 3. The standard InChI is InChI=1S/C33H37ClN4O5/c1-33(43-2)12-11-26(21-3-6-25(34)7-4-21)24(18-33)19-36-13-15-37(16-14-36)31(41)22-5-8-27-23(17-22)20-38(32(27)42)28-9-10-29(39)35-30(28)40/h3-8,17,28H,9-16,18-20H2,1-2H3,(H,35,39,40). The lowest BCUT2D eigenvalue weighted by molar-refractivity contribution is -0.136. The normalized spacial score (nSPS) is 24.8. The summed E-state index contributed by atoms with van der Waals surface area (Å²) in [5.41, 5.74) is 5.54. The van der Waals surface area contributed by atoms with E-state index in [1.165, 1.54) is 21.6 Å². The molecular weight excluding hydrogens is 568 g/mol. The number of halogens is 1. The van der Waals surface area contributed by atoms with Crippen LogP contribution in [-0.4, -0.2) is 89.8 Å². The van der Waals surface area contributed by atoms with Crippen molar-refractivity contribution in [2.45, 2.75) is 57.2 Å². The molecule has 4 amide bonds. The van der Waals surface area contributed by atoms with E-state index in [9.17, 15) is 19.2 Å². The highest BCUT2D eigenvalue weighted by Crippen LogP contribution is 2.40. The summed E-state index contributed by atoms with van der Waals surface area (Å²) in [5, 5.41) is 3.05. The minimum Gasteiger partial charge on any atom is -0.378 e. The summed E-state index contributed by atoms with van der Waals surface area (Å²) in [6.45, 7) is 6.01. The van der Waals surface area contributed by atoms with Crippen molar-refractivity contribution in [2.24, 2.45) is 0 Å². The minimum atomic E-state index is -0.675. The average Bonchev–Trinajstić information content (AvgIpc) is 3.33. The fraction of sp³-hybridized carbons (Fsp3) is 0.455. The predicted octanol–water partition coefficient (Wildman–Crippen LogP) is 3.90. The Balaban J connectivity index is 1.11. The quantitative estimate of drug-likeness (QED) is 0.502. The van der Waals surface area contributed by atoms with Gasteiger partial charge in [0.25, 0.3) is 11.8 Å². The maximum absolute atomic E-state index is 13.5. The Bertz CT molecular complexity index is 1500. The smallest absolute Gasteiger partial charge is 0.255 e. The fourth-order valence-corrected chi connectivity index (χ4v) is 6.93. The number of imide groups is 1.